The molecule has 7 nitrogen and oxygen atoms in total. The maximum Gasteiger partial charge on any atom is 0.265 e. The van der Waals surface area contributed by atoms with Crippen LogP contribution in [0.4, 0.5) is 11.4 Å². The highest BCUT2D eigenvalue weighted by Crippen LogP contribution is 2.39. The van der Waals surface area contributed by atoms with Crippen molar-refractivity contribution >= 4 is 50.5 Å². The minimum absolute atomic E-state index is 0.0219. The number of ether oxygens (including phenoxy) is 2. The van der Waals surface area contributed by atoms with Crippen molar-refractivity contribution in [1.82, 2.24) is 0 Å². The van der Waals surface area contributed by atoms with Crippen LogP contribution in [-0.4, -0.2) is 27.5 Å². The highest BCUT2D eigenvalue weighted by Gasteiger charge is 2.31. The van der Waals surface area contributed by atoms with E-state index < -0.39 is 22.0 Å². The van der Waals surface area contributed by atoms with Gasteiger partial charge in [0.1, 0.15) is 10.6 Å². The average molecular weight is 417 g/mol. The standard InChI is InChI=1S/C16H14Cl2N2O5S/c1-8-16(21)19-12-5-9(17)6-14(15(12)25-8)26(22,23)20-10-3-4-13(24-2)11(18)7-10/h3-8,20H,1-2H3,(H,19,21). The van der Waals surface area contributed by atoms with Crippen molar-refractivity contribution in [3.8, 4) is 11.5 Å². The smallest absolute Gasteiger partial charge is 0.265 e. The normalized spacial score (nSPS) is 16.3. The molecule has 0 aromatic heterocycles. The van der Waals surface area contributed by atoms with Gasteiger partial charge in [-0.05, 0) is 37.3 Å². The molecule has 2 aromatic carbocycles. The molecule has 26 heavy (non-hydrogen) atoms. The van der Waals surface area contributed by atoms with Crippen LogP contribution in [0.15, 0.2) is 35.2 Å². The van der Waals surface area contributed by atoms with E-state index in [0.717, 1.165) is 0 Å². The summed E-state index contributed by atoms with van der Waals surface area (Å²) < 4.78 is 38.6. The minimum atomic E-state index is -4.06. The molecule has 1 unspecified atom stereocenters. The van der Waals surface area contributed by atoms with Gasteiger partial charge in [-0.2, -0.15) is 0 Å². The Bertz CT molecular complexity index is 994. The van der Waals surface area contributed by atoms with E-state index in [2.05, 4.69) is 10.0 Å². The second kappa shape index (κ2) is 6.86. The second-order valence-electron chi connectivity index (χ2n) is 5.48. The van der Waals surface area contributed by atoms with E-state index in [1.807, 2.05) is 0 Å². The fourth-order valence-corrected chi connectivity index (χ4v) is 4.16. The molecule has 138 valence electrons. The summed E-state index contributed by atoms with van der Waals surface area (Å²) in [5.41, 5.74) is 0.422. The number of carbonyl (C=O) groups is 1. The number of sulfonamides is 1. The molecule has 0 spiro atoms. The molecular formula is C16H14Cl2N2O5S. The van der Waals surface area contributed by atoms with Crippen LogP contribution in [-0.2, 0) is 14.8 Å². The molecule has 1 atom stereocenters. The van der Waals surface area contributed by atoms with Crippen LogP contribution in [0.5, 0.6) is 11.5 Å². The topological polar surface area (TPSA) is 93.7 Å². The van der Waals surface area contributed by atoms with Crippen molar-refractivity contribution in [3.63, 3.8) is 0 Å². The van der Waals surface area contributed by atoms with Crippen molar-refractivity contribution in [1.29, 1.82) is 0 Å². The number of hydrogen-bond acceptors (Lipinski definition) is 5. The molecule has 1 aliphatic rings. The highest BCUT2D eigenvalue weighted by atomic mass is 35.5. The molecule has 0 saturated heterocycles. The van der Waals surface area contributed by atoms with Crippen molar-refractivity contribution in [3.05, 3.63) is 40.4 Å². The van der Waals surface area contributed by atoms with Crippen LogP contribution in [0.1, 0.15) is 6.92 Å². The van der Waals surface area contributed by atoms with Crippen LogP contribution < -0.4 is 19.5 Å². The van der Waals surface area contributed by atoms with E-state index in [9.17, 15) is 13.2 Å². The Morgan fingerprint density at radius 1 is 1.23 bits per heavy atom. The first-order valence-corrected chi connectivity index (χ1v) is 9.62. The zero-order valence-corrected chi connectivity index (χ0v) is 16.0. The highest BCUT2D eigenvalue weighted by molar-refractivity contribution is 7.92. The van der Waals surface area contributed by atoms with Gasteiger partial charge in [-0.1, -0.05) is 23.2 Å². The monoisotopic (exact) mass is 416 g/mol. The Balaban J connectivity index is 2.02. The number of rotatable bonds is 4. The van der Waals surface area contributed by atoms with Crippen molar-refractivity contribution in [2.75, 3.05) is 17.1 Å². The van der Waals surface area contributed by atoms with Gasteiger partial charge in [0.15, 0.2) is 11.9 Å². The molecule has 0 saturated carbocycles. The fourth-order valence-electron chi connectivity index (χ4n) is 2.39. The third-order valence-electron chi connectivity index (χ3n) is 3.63. The Kier molecular flexibility index (Phi) is 4.92. The van der Waals surface area contributed by atoms with E-state index in [4.69, 9.17) is 32.7 Å². The van der Waals surface area contributed by atoms with Crippen LogP contribution in [0.25, 0.3) is 0 Å². The maximum absolute atomic E-state index is 12.8. The van der Waals surface area contributed by atoms with Crippen LogP contribution in [0.3, 0.4) is 0 Å². The lowest BCUT2D eigenvalue weighted by Gasteiger charge is -2.25. The predicted octanol–water partition coefficient (Wildman–Crippen LogP) is 3.52. The van der Waals surface area contributed by atoms with E-state index >= 15 is 0 Å². The molecular weight excluding hydrogens is 403 g/mol. The molecule has 0 aliphatic carbocycles. The Morgan fingerprint density at radius 2 is 1.96 bits per heavy atom. The lowest BCUT2D eigenvalue weighted by Crippen LogP contribution is -2.35. The predicted molar refractivity (Wildman–Crippen MR) is 99.0 cm³/mol. The third-order valence-corrected chi connectivity index (χ3v) is 5.54. The van der Waals surface area contributed by atoms with Crippen molar-refractivity contribution < 1.29 is 22.7 Å². The molecule has 1 aliphatic heterocycles. The molecule has 3 rings (SSSR count). The lowest BCUT2D eigenvalue weighted by atomic mass is 10.2. The number of anilines is 2. The number of halogens is 2. The number of carbonyl (C=O) groups excluding carboxylic acids is 1. The van der Waals surface area contributed by atoms with Crippen molar-refractivity contribution in [2.45, 2.75) is 17.9 Å². The quantitative estimate of drug-likeness (QED) is 0.794. The van der Waals surface area contributed by atoms with Gasteiger partial charge in [0.25, 0.3) is 15.9 Å². The molecule has 10 heteroatoms. The Hall–Kier alpha value is -2.16. The number of benzene rings is 2. The minimum Gasteiger partial charge on any atom is -0.495 e. The van der Waals surface area contributed by atoms with Gasteiger partial charge >= 0.3 is 0 Å². The zero-order valence-electron chi connectivity index (χ0n) is 13.7. The summed E-state index contributed by atoms with van der Waals surface area (Å²) in [5.74, 6) is 0.0428. The van der Waals surface area contributed by atoms with Gasteiger partial charge < -0.3 is 14.8 Å². The largest absolute Gasteiger partial charge is 0.495 e. The fraction of sp³-hybridized carbons (Fsp3) is 0.188. The molecule has 2 N–H and O–H groups in total. The van der Waals surface area contributed by atoms with Gasteiger partial charge in [0.2, 0.25) is 0 Å². The van der Waals surface area contributed by atoms with E-state index in [0.29, 0.717) is 5.75 Å². The number of hydrogen-bond donors (Lipinski definition) is 2. The molecule has 2 aromatic rings. The lowest BCUT2D eigenvalue weighted by molar-refractivity contribution is -0.122. The molecule has 1 heterocycles. The summed E-state index contributed by atoms with van der Waals surface area (Å²) in [4.78, 5) is 11.6. The van der Waals surface area contributed by atoms with Crippen LogP contribution in [0.2, 0.25) is 10.0 Å². The number of amides is 1. The summed E-state index contributed by atoms with van der Waals surface area (Å²) >= 11 is 12.0. The summed E-state index contributed by atoms with van der Waals surface area (Å²) in [6.07, 6.45) is -0.840. The van der Waals surface area contributed by atoms with Gasteiger partial charge in [-0.25, -0.2) is 8.42 Å². The summed E-state index contributed by atoms with van der Waals surface area (Å²) in [7, 11) is -2.61. The SMILES string of the molecule is COc1ccc(NS(=O)(=O)c2cc(Cl)cc3c2OC(C)C(=O)N3)cc1Cl. The van der Waals surface area contributed by atoms with Gasteiger partial charge in [0, 0.05) is 5.02 Å². The van der Waals surface area contributed by atoms with Gasteiger partial charge in [-0.15, -0.1) is 0 Å². The van der Waals surface area contributed by atoms with Crippen LogP contribution in [0, 0.1) is 0 Å². The third kappa shape index (κ3) is 3.53. The van der Waals surface area contributed by atoms with E-state index in [-0.39, 0.29) is 32.1 Å². The van der Waals surface area contributed by atoms with Crippen molar-refractivity contribution in [2.24, 2.45) is 0 Å². The molecule has 1 amide bonds. The molecule has 0 bridgehead atoms. The first-order chi connectivity index (χ1) is 12.2. The number of nitrogens with one attached hydrogen (secondary N) is 2. The van der Waals surface area contributed by atoms with E-state index in [1.165, 1.54) is 44.4 Å². The molecule has 0 radical (unpaired) electrons. The Morgan fingerprint density at radius 3 is 2.62 bits per heavy atom. The second-order valence-corrected chi connectivity index (χ2v) is 7.98. The van der Waals surface area contributed by atoms with Gasteiger partial charge in [-0.3, -0.25) is 9.52 Å². The number of fused-ring (bicyclic) bond motifs is 1. The Labute approximate surface area is 160 Å². The van der Waals surface area contributed by atoms with Crippen LogP contribution >= 0.6 is 23.2 Å². The summed E-state index contributed by atoms with van der Waals surface area (Å²) in [6, 6.07) is 7.12. The number of methoxy groups -OCH3 is 1. The summed E-state index contributed by atoms with van der Waals surface area (Å²) in [5, 5.41) is 2.96. The summed E-state index contributed by atoms with van der Waals surface area (Å²) in [6.45, 7) is 1.51. The first-order valence-electron chi connectivity index (χ1n) is 7.38. The van der Waals surface area contributed by atoms with E-state index in [1.54, 1.807) is 0 Å². The first kappa shape index (κ1) is 18.6. The zero-order chi connectivity index (χ0) is 19.1. The average Bonchev–Trinajstić information content (AvgIpc) is 2.55. The molecule has 0 fully saturated rings. The maximum atomic E-state index is 12.8. The van der Waals surface area contributed by atoms with Gasteiger partial charge in [0.05, 0.1) is 23.5 Å².